The van der Waals surface area contributed by atoms with Crippen LogP contribution < -0.4 is 18.9 Å². The van der Waals surface area contributed by atoms with Gasteiger partial charge >= 0.3 is 23.9 Å². The largest absolute Gasteiger partial charge is 0.457 e. The molecule has 46 heavy (non-hydrogen) atoms. The zero-order valence-corrected chi connectivity index (χ0v) is 25.4. The van der Waals surface area contributed by atoms with Crippen molar-refractivity contribution in [1.29, 1.82) is 0 Å². The molecular weight excluding hydrogens is 596 g/mol. The van der Waals surface area contributed by atoms with Crippen molar-refractivity contribution < 1.29 is 52.4 Å². The molecule has 0 aliphatic rings. The van der Waals surface area contributed by atoms with Crippen LogP contribution in [-0.4, -0.2) is 43.2 Å². The van der Waals surface area contributed by atoms with E-state index in [9.17, 15) is 24.0 Å². The molecule has 11 nitrogen and oxygen atoms in total. The summed E-state index contributed by atoms with van der Waals surface area (Å²) in [5.41, 5.74) is 0.472. The molecule has 0 unspecified atom stereocenters. The number of unbranched alkanes of at least 4 members (excludes halogenated alkanes) is 3. The normalized spacial score (nSPS) is 10.2. The van der Waals surface area contributed by atoms with E-state index in [1.165, 1.54) is 66.7 Å². The van der Waals surface area contributed by atoms with Crippen molar-refractivity contribution in [2.24, 2.45) is 0 Å². The lowest BCUT2D eigenvalue weighted by Gasteiger charge is -2.13. The van der Waals surface area contributed by atoms with Gasteiger partial charge in [-0.15, -0.1) is 0 Å². The molecule has 0 fully saturated rings. The Kier molecular flexibility index (Phi) is 13.7. The molecule has 0 spiro atoms. The monoisotopic (exact) mass is 630 g/mol. The number of Topliss-reactive ketones (excluding diaryl/α,β-unsaturated/α-hetero) is 1. The van der Waals surface area contributed by atoms with Crippen molar-refractivity contribution in [1.82, 2.24) is 0 Å². The van der Waals surface area contributed by atoms with Gasteiger partial charge in [-0.05, 0) is 73.2 Å². The van der Waals surface area contributed by atoms with Gasteiger partial charge in [-0.2, -0.15) is 0 Å². The number of hydrogen-bond acceptors (Lipinski definition) is 11. The number of hydrogen-bond donors (Lipinski definition) is 0. The van der Waals surface area contributed by atoms with Crippen LogP contribution in [-0.2, 0) is 19.1 Å². The summed E-state index contributed by atoms with van der Waals surface area (Å²) >= 11 is 0. The summed E-state index contributed by atoms with van der Waals surface area (Å²) < 4.78 is 31.2. The third-order valence-electron chi connectivity index (χ3n) is 6.29. The first kappa shape index (κ1) is 34.8. The molecule has 0 N–H and O–H groups in total. The molecule has 0 radical (unpaired) electrons. The van der Waals surface area contributed by atoms with Crippen molar-refractivity contribution in [2.75, 3.05) is 13.6 Å². The average molecular weight is 631 g/mol. The Hall–Kier alpha value is -5.71. The summed E-state index contributed by atoms with van der Waals surface area (Å²) in [4.78, 5) is 61.3. The van der Waals surface area contributed by atoms with Gasteiger partial charge in [0.1, 0.15) is 23.0 Å². The smallest absolute Gasteiger partial charge is 0.343 e. The first-order valence-electron chi connectivity index (χ1n) is 14.4. The number of rotatable bonds is 18. The maximum atomic E-state index is 13.2. The van der Waals surface area contributed by atoms with Gasteiger partial charge < -0.3 is 28.4 Å². The van der Waals surface area contributed by atoms with Gasteiger partial charge in [0.2, 0.25) is 13.6 Å². The van der Waals surface area contributed by atoms with E-state index in [4.69, 9.17) is 28.4 Å². The van der Waals surface area contributed by atoms with Gasteiger partial charge in [-0.25, -0.2) is 19.2 Å². The minimum atomic E-state index is -0.726. The summed E-state index contributed by atoms with van der Waals surface area (Å²) in [7, 11) is 0. The van der Waals surface area contributed by atoms with Crippen LogP contribution in [0.1, 0.15) is 70.1 Å². The van der Waals surface area contributed by atoms with Gasteiger partial charge in [0.15, 0.2) is 5.78 Å². The zero-order chi connectivity index (χ0) is 33.3. The van der Waals surface area contributed by atoms with Crippen molar-refractivity contribution in [3.63, 3.8) is 0 Å². The van der Waals surface area contributed by atoms with Crippen molar-refractivity contribution >= 4 is 29.7 Å². The highest BCUT2D eigenvalue weighted by molar-refractivity contribution is 6.01. The average Bonchev–Trinajstić information content (AvgIpc) is 3.07. The highest BCUT2D eigenvalue weighted by Gasteiger charge is 2.19. The molecular formula is C35H34O11. The van der Waals surface area contributed by atoms with E-state index in [0.29, 0.717) is 17.9 Å². The third kappa shape index (κ3) is 11.1. The molecule has 3 aromatic carbocycles. The lowest BCUT2D eigenvalue weighted by atomic mass is 10.0. The Balaban J connectivity index is 1.71. The molecule has 0 bridgehead atoms. The van der Waals surface area contributed by atoms with Crippen molar-refractivity contribution in [2.45, 2.75) is 39.0 Å². The second-order valence-electron chi connectivity index (χ2n) is 9.58. The summed E-state index contributed by atoms with van der Waals surface area (Å²) in [5.74, 6) is -2.17. The minimum absolute atomic E-state index is 0.0145. The second-order valence-corrected chi connectivity index (χ2v) is 9.58. The molecule has 240 valence electrons. The lowest BCUT2D eigenvalue weighted by Crippen LogP contribution is -2.13. The first-order valence-corrected chi connectivity index (χ1v) is 14.4. The Morgan fingerprint density at radius 2 is 1.13 bits per heavy atom. The molecule has 3 aromatic rings. The van der Waals surface area contributed by atoms with E-state index in [2.05, 4.69) is 20.1 Å². The van der Waals surface area contributed by atoms with Gasteiger partial charge in [0, 0.05) is 18.6 Å². The molecule has 0 saturated carbocycles. The highest BCUT2D eigenvalue weighted by atomic mass is 16.7. The Labute approximate surface area is 266 Å². The van der Waals surface area contributed by atoms with Crippen molar-refractivity contribution in [3.8, 4) is 23.0 Å². The lowest BCUT2D eigenvalue weighted by molar-refractivity contribution is -0.145. The molecule has 0 aliphatic heterocycles. The third-order valence-corrected chi connectivity index (χ3v) is 6.29. The fourth-order valence-corrected chi connectivity index (χ4v) is 3.85. The van der Waals surface area contributed by atoms with E-state index in [1.54, 1.807) is 0 Å². The summed E-state index contributed by atoms with van der Waals surface area (Å²) in [6, 6.07) is 16.0. The van der Waals surface area contributed by atoms with E-state index in [-0.39, 0.29) is 54.0 Å². The van der Waals surface area contributed by atoms with Crippen LogP contribution in [0.15, 0.2) is 92.0 Å². The van der Waals surface area contributed by atoms with Crippen LogP contribution >= 0.6 is 0 Å². The van der Waals surface area contributed by atoms with Gasteiger partial charge in [0.25, 0.3) is 0 Å². The fraction of sp³-hybridized carbons (Fsp3) is 0.229. The van der Waals surface area contributed by atoms with Gasteiger partial charge in [0.05, 0.1) is 16.7 Å². The predicted molar refractivity (Wildman–Crippen MR) is 166 cm³/mol. The van der Waals surface area contributed by atoms with Crippen LogP contribution in [0.4, 0.5) is 0 Å². The topological polar surface area (TPSA) is 141 Å². The van der Waals surface area contributed by atoms with Crippen LogP contribution in [0.2, 0.25) is 0 Å². The predicted octanol–water partition coefficient (Wildman–Crippen LogP) is 6.41. The van der Waals surface area contributed by atoms with E-state index < -0.39 is 23.9 Å². The van der Waals surface area contributed by atoms with Crippen LogP contribution in [0, 0.1) is 0 Å². The van der Waals surface area contributed by atoms with Gasteiger partial charge in [-0.3, -0.25) is 4.79 Å². The van der Waals surface area contributed by atoms with Crippen LogP contribution in [0.5, 0.6) is 23.0 Å². The number of ketones is 1. The number of carbonyl (C=O) groups excluding carboxylic acids is 5. The summed E-state index contributed by atoms with van der Waals surface area (Å²) in [5, 5.41) is 0. The van der Waals surface area contributed by atoms with Gasteiger partial charge in [-0.1, -0.05) is 39.3 Å². The van der Waals surface area contributed by atoms with E-state index >= 15 is 0 Å². The highest BCUT2D eigenvalue weighted by Crippen LogP contribution is 2.28. The molecule has 0 amide bonds. The summed E-state index contributed by atoms with van der Waals surface area (Å²) in [6.07, 6.45) is 5.73. The molecule has 0 saturated heterocycles. The van der Waals surface area contributed by atoms with E-state index in [1.807, 2.05) is 0 Å². The quantitative estimate of drug-likeness (QED) is 0.0384. The fourth-order valence-electron chi connectivity index (χ4n) is 3.85. The SMILES string of the molecule is C=CC(=O)OCOc1ccc(C(=O)Oc2ccc(OC(=O)c3ccc(OCOC(=O)C=C)cc3)c(C(=O)CCCCCC)c2)cc1. The Morgan fingerprint density at radius 3 is 1.63 bits per heavy atom. The Bertz CT molecular complexity index is 1540. The Morgan fingerprint density at radius 1 is 0.630 bits per heavy atom. The van der Waals surface area contributed by atoms with E-state index in [0.717, 1.165) is 31.4 Å². The first-order chi connectivity index (χ1) is 22.2. The molecule has 11 heteroatoms. The number of benzene rings is 3. The standard InChI is InChI=1S/C35H34O11/c1-4-7-8-9-10-30(36)29-21-28(45-34(39)24-11-15-26(16-12-24)41-22-43-32(37)5-2)19-20-31(29)46-35(40)25-13-17-27(18-14-25)42-23-44-33(38)6-3/h5-6,11-21H,2-4,7-10,22-23H2,1H3. The number of carbonyl (C=O) groups is 5. The molecule has 0 heterocycles. The summed E-state index contributed by atoms with van der Waals surface area (Å²) in [6.45, 7) is 8.00. The van der Waals surface area contributed by atoms with Crippen molar-refractivity contribution in [3.05, 3.63) is 109 Å². The molecule has 0 aromatic heterocycles. The minimum Gasteiger partial charge on any atom is -0.457 e. The number of ether oxygens (including phenoxy) is 6. The van der Waals surface area contributed by atoms with Crippen LogP contribution in [0.25, 0.3) is 0 Å². The molecule has 0 aliphatic carbocycles. The number of esters is 4. The second kappa shape index (κ2) is 18.2. The zero-order valence-electron chi connectivity index (χ0n) is 25.4. The maximum absolute atomic E-state index is 13.2. The molecule has 0 atom stereocenters. The molecule has 3 rings (SSSR count). The maximum Gasteiger partial charge on any atom is 0.343 e. The van der Waals surface area contributed by atoms with Crippen LogP contribution in [0.3, 0.4) is 0 Å².